The maximum absolute atomic E-state index is 12.6. The molecule has 1 aliphatic rings. The predicted molar refractivity (Wildman–Crippen MR) is 163 cm³/mol. The highest BCUT2D eigenvalue weighted by atomic mass is 79.9. The summed E-state index contributed by atoms with van der Waals surface area (Å²) in [6, 6.07) is 17.4. The molecule has 4 rings (SSSR count). The number of carbonyl (C=O) groups excluding carboxylic acids is 1. The van der Waals surface area contributed by atoms with Crippen LogP contribution in [0.4, 0.5) is 5.69 Å². The van der Waals surface area contributed by atoms with E-state index in [2.05, 4.69) is 41.0 Å². The van der Waals surface area contributed by atoms with Gasteiger partial charge in [-0.1, -0.05) is 109 Å². The molecule has 1 aliphatic carbocycles. The van der Waals surface area contributed by atoms with E-state index < -0.39 is 5.97 Å². The monoisotopic (exact) mass is 601 g/mol. The minimum absolute atomic E-state index is 0.106. The lowest BCUT2D eigenvalue weighted by Crippen LogP contribution is -2.16. The molecule has 1 saturated carbocycles. The minimum atomic E-state index is -1.04. The number of halogens is 2. The molecule has 1 amide bonds. The van der Waals surface area contributed by atoms with Crippen LogP contribution in [0.25, 0.3) is 10.4 Å². The van der Waals surface area contributed by atoms with Crippen molar-refractivity contribution in [3.05, 3.63) is 112 Å². The Balaban J connectivity index is 0.000000594. The average Bonchev–Trinajstić information content (AvgIpc) is 3.60. The number of carboxylic acid groups (broad SMARTS) is 1. The lowest BCUT2D eigenvalue weighted by atomic mass is 10.1. The number of aromatic carboxylic acids is 1. The molecule has 1 fully saturated rings. The quantitative estimate of drug-likeness (QED) is 0.218. The number of nitrogens with one attached hydrogen (secondary N) is 1. The van der Waals surface area contributed by atoms with Crippen molar-refractivity contribution in [2.24, 2.45) is 5.92 Å². The molecule has 0 bridgehead atoms. The number of anilines is 1. The first-order chi connectivity index (χ1) is 17.7. The Bertz CT molecular complexity index is 1190. The van der Waals surface area contributed by atoms with Gasteiger partial charge in [0, 0.05) is 20.8 Å². The number of amides is 1. The molecule has 2 atom stereocenters. The molecule has 4 nitrogen and oxygen atoms in total. The molecule has 2 aromatic carbocycles. The van der Waals surface area contributed by atoms with Gasteiger partial charge in [0.15, 0.2) is 0 Å². The van der Waals surface area contributed by atoms with E-state index in [0.29, 0.717) is 15.6 Å². The Kier molecular flexibility index (Phi) is 14.5. The number of benzene rings is 2. The topological polar surface area (TPSA) is 66.4 Å². The second-order valence-electron chi connectivity index (χ2n) is 7.57. The largest absolute Gasteiger partial charge is 0.478 e. The van der Waals surface area contributed by atoms with E-state index in [0.717, 1.165) is 22.0 Å². The van der Waals surface area contributed by atoms with E-state index in [4.69, 9.17) is 11.6 Å². The van der Waals surface area contributed by atoms with E-state index in [9.17, 15) is 14.7 Å². The number of hydrogen-bond acceptors (Lipinski definition) is 3. The molecular formula is C30H33BrClNO3S. The smallest absolute Gasteiger partial charge is 0.339 e. The number of carboxylic acids is 1. The molecule has 0 spiro atoms. The highest BCUT2D eigenvalue weighted by molar-refractivity contribution is 9.10. The number of rotatable bonds is 6. The fourth-order valence-electron chi connectivity index (χ4n) is 3.25. The highest BCUT2D eigenvalue weighted by Crippen LogP contribution is 2.48. The summed E-state index contributed by atoms with van der Waals surface area (Å²) >= 11 is 9.85. The van der Waals surface area contributed by atoms with Gasteiger partial charge >= 0.3 is 5.97 Å². The molecule has 1 aromatic heterocycles. The van der Waals surface area contributed by atoms with Crippen LogP contribution < -0.4 is 5.32 Å². The maximum Gasteiger partial charge on any atom is 0.339 e. The van der Waals surface area contributed by atoms with Crippen molar-refractivity contribution in [1.82, 2.24) is 0 Å². The maximum atomic E-state index is 12.6. The Labute approximate surface area is 237 Å². The van der Waals surface area contributed by atoms with Crippen molar-refractivity contribution in [3.8, 4) is 10.4 Å². The van der Waals surface area contributed by atoms with E-state index in [1.807, 2.05) is 75.4 Å². The van der Waals surface area contributed by atoms with Crippen molar-refractivity contribution >= 4 is 56.4 Å². The molecule has 37 heavy (non-hydrogen) atoms. The van der Waals surface area contributed by atoms with E-state index in [1.165, 1.54) is 17.4 Å². The fourth-order valence-corrected chi connectivity index (χ4v) is 4.52. The Morgan fingerprint density at radius 2 is 1.65 bits per heavy atom. The summed E-state index contributed by atoms with van der Waals surface area (Å²) in [6.07, 6.45) is 4.03. The first kappa shape index (κ1) is 32.1. The van der Waals surface area contributed by atoms with Crippen LogP contribution >= 0.6 is 38.9 Å². The van der Waals surface area contributed by atoms with E-state index >= 15 is 0 Å². The molecule has 3 aromatic rings. The molecular weight excluding hydrogens is 570 g/mol. The molecule has 0 aliphatic heterocycles. The van der Waals surface area contributed by atoms with Gasteiger partial charge in [0.05, 0.1) is 10.6 Å². The van der Waals surface area contributed by atoms with Crippen molar-refractivity contribution in [2.75, 3.05) is 5.32 Å². The first-order valence-corrected chi connectivity index (χ1v) is 13.8. The van der Waals surface area contributed by atoms with Gasteiger partial charge in [-0.05, 0) is 42.5 Å². The van der Waals surface area contributed by atoms with Crippen LogP contribution in [0.3, 0.4) is 0 Å². The summed E-state index contributed by atoms with van der Waals surface area (Å²) in [5, 5.41) is 14.7. The summed E-state index contributed by atoms with van der Waals surface area (Å²) in [5.74, 6) is -1.06. The normalized spacial score (nSPS) is 14.6. The molecule has 1 heterocycles. The van der Waals surface area contributed by atoms with Crippen LogP contribution in [-0.2, 0) is 4.79 Å². The lowest BCUT2D eigenvalue weighted by Gasteiger charge is -2.06. The summed E-state index contributed by atoms with van der Waals surface area (Å²) in [4.78, 5) is 25.1. The van der Waals surface area contributed by atoms with Gasteiger partial charge in [-0.15, -0.1) is 17.9 Å². The third kappa shape index (κ3) is 10.2. The highest BCUT2D eigenvalue weighted by Gasteiger charge is 2.44. The second-order valence-corrected chi connectivity index (χ2v) is 9.85. The molecule has 0 saturated heterocycles. The average molecular weight is 603 g/mol. The van der Waals surface area contributed by atoms with Crippen molar-refractivity contribution in [1.29, 1.82) is 0 Å². The minimum Gasteiger partial charge on any atom is -0.478 e. The van der Waals surface area contributed by atoms with Crippen LogP contribution in [0.1, 0.15) is 49.0 Å². The second kappa shape index (κ2) is 16.7. The van der Waals surface area contributed by atoms with Gasteiger partial charge in [-0.2, -0.15) is 0 Å². The molecule has 196 valence electrons. The summed E-state index contributed by atoms with van der Waals surface area (Å²) in [6.45, 7) is 15.9. The molecule has 0 radical (unpaired) electrons. The van der Waals surface area contributed by atoms with Crippen molar-refractivity contribution in [3.63, 3.8) is 0 Å². The van der Waals surface area contributed by atoms with E-state index in [1.54, 1.807) is 11.5 Å². The first-order valence-electron chi connectivity index (χ1n) is 11.7. The van der Waals surface area contributed by atoms with Crippen LogP contribution in [0.2, 0.25) is 0 Å². The van der Waals surface area contributed by atoms with Gasteiger partial charge < -0.3 is 10.4 Å². The van der Waals surface area contributed by atoms with Crippen LogP contribution in [-0.4, -0.2) is 17.0 Å². The van der Waals surface area contributed by atoms with Gasteiger partial charge in [0.2, 0.25) is 5.91 Å². The zero-order chi connectivity index (χ0) is 28.0. The SMILES string of the molecule is C=CC.C=CC(=C)Cl.CC.O=C(O)c1c(NC(=O)C2CC2c2ccccc2)csc1-c1ccc(Br)cc1. The summed E-state index contributed by atoms with van der Waals surface area (Å²) in [7, 11) is 0. The van der Waals surface area contributed by atoms with Gasteiger partial charge in [-0.3, -0.25) is 4.79 Å². The van der Waals surface area contributed by atoms with Crippen molar-refractivity contribution < 1.29 is 14.7 Å². The summed E-state index contributed by atoms with van der Waals surface area (Å²) < 4.78 is 0.925. The van der Waals surface area contributed by atoms with Gasteiger partial charge in [0.1, 0.15) is 5.56 Å². The van der Waals surface area contributed by atoms with Crippen LogP contribution in [0.15, 0.2) is 101 Å². The van der Waals surface area contributed by atoms with Crippen molar-refractivity contribution in [2.45, 2.75) is 33.1 Å². The summed E-state index contributed by atoms with van der Waals surface area (Å²) in [5.41, 5.74) is 2.48. The number of thiophene rings is 1. The lowest BCUT2D eigenvalue weighted by molar-refractivity contribution is -0.117. The third-order valence-corrected chi connectivity index (χ3v) is 6.66. The van der Waals surface area contributed by atoms with E-state index in [-0.39, 0.29) is 23.3 Å². The molecule has 2 N–H and O–H groups in total. The zero-order valence-corrected chi connectivity index (χ0v) is 24.5. The van der Waals surface area contributed by atoms with Gasteiger partial charge in [-0.25, -0.2) is 4.79 Å². The number of carbonyl (C=O) groups is 2. The third-order valence-electron chi connectivity index (χ3n) is 4.95. The van der Waals surface area contributed by atoms with Gasteiger partial charge in [0.25, 0.3) is 0 Å². The Morgan fingerprint density at radius 3 is 2.14 bits per heavy atom. The molecule has 2 unspecified atom stereocenters. The van der Waals surface area contributed by atoms with Crippen LogP contribution in [0, 0.1) is 5.92 Å². The van der Waals surface area contributed by atoms with Crippen LogP contribution in [0.5, 0.6) is 0 Å². The predicted octanol–water partition coefficient (Wildman–Crippen LogP) is 9.76. The molecule has 7 heteroatoms. The number of allylic oxidation sites excluding steroid dienone is 3. The number of hydrogen-bond donors (Lipinski definition) is 2. The Morgan fingerprint density at radius 1 is 1.11 bits per heavy atom. The fraction of sp³-hybridized carbons (Fsp3) is 0.200. The standard InChI is InChI=1S/C21H16BrNO3S.C4H5Cl.C3H6.C2H6/c22-14-8-6-13(7-9-14)19-18(21(25)26)17(11-27-19)23-20(24)16-10-15(16)12-4-2-1-3-5-12;1-3-4(2)5;1-3-2;1-2/h1-9,11,15-16H,10H2,(H,23,24)(H,25,26);3H,1-2H2;3H,1H2,2H3;1-2H3. The zero-order valence-electron chi connectivity index (χ0n) is 21.3. The Hall–Kier alpha value is -2.93.